The zero-order valence-corrected chi connectivity index (χ0v) is 18.5. The van der Waals surface area contributed by atoms with Gasteiger partial charge < -0.3 is 5.32 Å². The molecule has 0 radical (unpaired) electrons. The van der Waals surface area contributed by atoms with E-state index in [2.05, 4.69) is 36.9 Å². The first-order valence-electron chi connectivity index (χ1n) is 10.2. The van der Waals surface area contributed by atoms with Crippen LogP contribution in [-0.2, 0) is 28.9 Å². The van der Waals surface area contributed by atoms with E-state index in [1.165, 1.54) is 21.8 Å². The first kappa shape index (κ1) is 22.0. The number of rotatable bonds is 5. The van der Waals surface area contributed by atoms with Gasteiger partial charge in [-0.2, -0.15) is 0 Å². The molecule has 0 spiro atoms. The summed E-state index contributed by atoms with van der Waals surface area (Å²) < 4.78 is 0. The number of aryl methyl sites for hydroxylation is 1. The molecule has 6 nitrogen and oxygen atoms in total. The topological polar surface area (TPSA) is 87.3 Å². The third-order valence-electron chi connectivity index (χ3n) is 5.50. The number of fused-ring (bicyclic) bond motifs is 1. The summed E-state index contributed by atoms with van der Waals surface area (Å²) in [4.78, 5) is 38.1. The molecule has 30 heavy (non-hydrogen) atoms. The monoisotopic (exact) mass is 427 g/mol. The summed E-state index contributed by atoms with van der Waals surface area (Å²) in [5.41, 5.74) is 7.18. The molecule has 3 rings (SSSR count). The Kier molecular flexibility index (Phi) is 6.92. The summed E-state index contributed by atoms with van der Waals surface area (Å²) in [6.45, 7) is 6.59. The summed E-state index contributed by atoms with van der Waals surface area (Å²) in [6.07, 6.45) is 3.33. The normalized spacial score (nSPS) is 15.8. The highest BCUT2D eigenvalue weighted by Crippen LogP contribution is 2.40. The molecule has 3 amide bonds. The summed E-state index contributed by atoms with van der Waals surface area (Å²) in [5.74, 6) is -0.443. The van der Waals surface area contributed by atoms with Crippen LogP contribution in [0, 0.1) is 11.3 Å². The predicted molar refractivity (Wildman–Crippen MR) is 118 cm³/mol. The van der Waals surface area contributed by atoms with E-state index in [0.717, 1.165) is 24.8 Å². The minimum absolute atomic E-state index is 0.194. The molecular weight excluding hydrogens is 398 g/mol. The van der Waals surface area contributed by atoms with Crippen molar-refractivity contribution in [1.82, 2.24) is 16.2 Å². The number of benzene rings is 1. The molecule has 1 aliphatic rings. The molecule has 0 aliphatic heterocycles. The second-order valence-electron chi connectivity index (χ2n) is 8.81. The van der Waals surface area contributed by atoms with Gasteiger partial charge >= 0.3 is 0 Å². The Balaban J connectivity index is 1.44. The van der Waals surface area contributed by atoms with E-state index >= 15 is 0 Å². The fourth-order valence-corrected chi connectivity index (χ4v) is 4.73. The molecule has 0 bridgehead atoms. The van der Waals surface area contributed by atoms with E-state index < -0.39 is 5.91 Å². The van der Waals surface area contributed by atoms with Crippen LogP contribution in [0.15, 0.2) is 36.4 Å². The van der Waals surface area contributed by atoms with Gasteiger partial charge in [0.25, 0.3) is 11.8 Å². The van der Waals surface area contributed by atoms with Crippen molar-refractivity contribution in [3.8, 4) is 0 Å². The van der Waals surface area contributed by atoms with Crippen molar-refractivity contribution >= 4 is 29.1 Å². The quantitative estimate of drug-likeness (QED) is 0.641. The van der Waals surface area contributed by atoms with Crippen LogP contribution in [0.5, 0.6) is 0 Å². The van der Waals surface area contributed by atoms with Gasteiger partial charge in [-0.1, -0.05) is 51.1 Å². The maximum Gasteiger partial charge on any atom is 0.279 e. The van der Waals surface area contributed by atoms with Crippen LogP contribution in [0.3, 0.4) is 0 Å². The van der Waals surface area contributed by atoms with Gasteiger partial charge in [0.05, 0.1) is 17.8 Å². The van der Waals surface area contributed by atoms with Crippen LogP contribution < -0.4 is 16.2 Å². The Labute approximate surface area is 181 Å². The average molecular weight is 428 g/mol. The second kappa shape index (κ2) is 9.43. The van der Waals surface area contributed by atoms with Crippen LogP contribution in [0.1, 0.15) is 52.9 Å². The molecule has 1 heterocycles. The van der Waals surface area contributed by atoms with Gasteiger partial charge in [-0.25, -0.2) is 0 Å². The zero-order valence-electron chi connectivity index (χ0n) is 17.7. The van der Waals surface area contributed by atoms with Crippen molar-refractivity contribution in [2.75, 3.05) is 6.54 Å². The van der Waals surface area contributed by atoms with Gasteiger partial charge in [0.2, 0.25) is 5.91 Å². The Morgan fingerprint density at radius 3 is 2.50 bits per heavy atom. The Morgan fingerprint density at radius 1 is 1.07 bits per heavy atom. The number of carbonyl (C=O) groups is 3. The lowest BCUT2D eigenvalue weighted by molar-refractivity contribution is -0.126. The maximum absolute atomic E-state index is 12.4. The van der Waals surface area contributed by atoms with Crippen molar-refractivity contribution < 1.29 is 14.4 Å². The molecule has 0 saturated heterocycles. The zero-order chi connectivity index (χ0) is 21.7. The molecule has 7 heteroatoms. The maximum atomic E-state index is 12.4. The van der Waals surface area contributed by atoms with Crippen LogP contribution >= 0.6 is 11.3 Å². The molecular formula is C23H29N3O3S. The van der Waals surface area contributed by atoms with Crippen molar-refractivity contribution in [3.63, 3.8) is 0 Å². The highest BCUT2D eigenvalue weighted by molar-refractivity contribution is 7.14. The fraction of sp³-hybridized carbons (Fsp3) is 0.435. The molecule has 1 aliphatic carbocycles. The SMILES string of the molecule is CC(C)(C)C1CCc2sc(C(=O)NNC(=O)CNC(=O)Cc3ccccc3)cc2C1. The lowest BCUT2D eigenvalue weighted by atomic mass is 9.72. The number of hydrazine groups is 1. The molecule has 0 saturated carbocycles. The third kappa shape index (κ3) is 5.92. The van der Waals surface area contributed by atoms with Gasteiger partial charge in [-0.15, -0.1) is 11.3 Å². The van der Waals surface area contributed by atoms with Crippen molar-refractivity contribution in [3.05, 3.63) is 57.3 Å². The number of hydrogen-bond acceptors (Lipinski definition) is 4. The van der Waals surface area contributed by atoms with Crippen molar-refractivity contribution in [2.24, 2.45) is 11.3 Å². The molecule has 1 aromatic carbocycles. The van der Waals surface area contributed by atoms with Gasteiger partial charge in [0.15, 0.2) is 0 Å². The number of amides is 3. The molecule has 160 valence electrons. The van der Waals surface area contributed by atoms with E-state index in [9.17, 15) is 14.4 Å². The molecule has 3 N–H and O–H groups in total. The number of hydrogen-bond donors (Lipinski definition) is 3. The Bertz CT molecular complexity index is 916. The van der Waals surface area contributed by atoms with E-state index in [1.54, 1.807) is 0 Å². The van der Waals surface area contributed by atoms with E-state index in [0.29, 0.717) is 10.8 Å². The molecule has 1 atom stereocenters. The van der Waals surface area contributed by atoms with E-state index in [4.69, 9.17) is 0 Å². The average Bonchev–Trinajstić information content (AvgIpc) is 3.14. The van der Waals surface area contributed by atoms with Gasteiger partial charge in [0, 0.05) is 4.88 Å². The number of thiophene rings is 1. The van der Waals surface area contributed by atoms with Crippen LogP contribution in [0.2, 0.25) is 0 Å². The summed E-state index contributed by atoms with van der Waals surface area (Å²) in [7, 11) is 0. The number of carbonyl (C=O) groups excluding carboxylic acids is 3. The first-order valence-corrected chi connectivity index (χ1v) is 11.1. The van der Waals surface area contributed by atoms with Gasteiger partial charge in [-0.3, -0.25) is 25.2 Å². The Morgan fingerprint density at radius 2 is 1.80 bits per heavy atom. The van der Waals surface area contributed by atoms with Crippen molar-refractivity contribution in [2.45, 2.75) is 46.5 Å². The minimum Gasteiger partial charge on any atom is -0.347 e. The standard InChI is InChI=1S/C23H29N3O3S/c1-23(2,3)17-9-10-18-16(12-17)13-19(30-18)22(29)26-25-21(28)14-24-20(27)11-15-7-5-4-6-8-15/h4-8,13,17H,9-12,14H2,1-3H3,(H,24,27)(H,25,28)(H,26,29). The van der Waals surface area contributed by atoms with Gasteiger partial charge in [0.1, 0.15) is 0 Å². The Hall–Kier alpha value is -2.67. The van der Waals surface area contributed by atoms with Crippen LogP contribution in [0.4, 0.5) is 0 Å². The highest BCUT2D eigenvalue weighted by Gasteiger charge is 2.30. The minimum atomic E-state index is -0.473. The highest BCUT2D eigenvalue weighted by atomic mass is 32.1. The molecule has 1 unspecified atom stereocenters. The molecule has 2 aromatic rings. The lowest BCUT2D eigenvalue weighted by Crippen LogP contribution is -2.46. The summed E-state index contributed by atoms with van der Waals surface area (Å²) >= 11 is 1.49. The molecule has 0 fully saturated rings. The summed E-state index contributed by atoms with van der Waals surface area (Å²) in [6, 6.07) is 11.2. The van der Waals surface area contributed by atoms with Crippen LogP contribution in [-0.4, -0.2) is 24.3 Å². The second-order valence-corrected chi connectivity index (χ2v) is 9.94. The van der Waals surface area contributed by atoms with E-state index in [1.807, 2.05) is 36.4 Å². The largest absolute Gasteiger partial charge is 0.347 e. The number of nitrogens with one attached hydrogen (secondary N) is 3. The van der Waals surface area contributed by atoms with E-state index in [-0.39, 0.29) is 30.2 Å². The lowest BCUT2D eigenvalue weighted by Gasteiger charge is -2.33. The van der Waals surface area contributed by atoms with Crippen molar-refractivity contribution in [1.29, 1.82) is 0 Å². The van der Waals surface area contributed by atoms with Gasteiger partial charge in [-0.05, 0) is 47.8 Å². The summed E-state index contributed by atoms with van der Waals surface area (Å²) in [5, 5.41) is 2.55. The van der Waals surface area contributed by atoms with Crippen LogP contribution in [0.25, 0.3) is 0 Å². The predicted octanol–water partition coefficient (Wildman–Crippen LogP) is 3.02. The third-order valence-corrected chi connectivity index (χ3v) is 6.74. The smallest absolute Gasteiger partial charge is 0.279 e. The molecule has 1 aromatic heterocycles. The fourth-order valence-electron chi connectivity index (χ4n) is 3.63. The first-order chi connectivity index (χ1) is 14.2.